The molecule has 3 N–H and O–H groups in total. The third kappa shape index (κ3) is 4.07. The van der Waals surface area contributed by atoms with Gasteiger partial charge in [0.05, 0.1) is 17.6 Å². The van der Waals surface area contributed by atoms with Crippen molar-refractivity contribution in [2.45, 2.75) is 52.2 Å². The van der Waals surface area contributed by atoms with Gasteiger partial charge in [-0.15, -0.1) is 0 Å². The smallest absolute Gasteiger partial charge is 0.408 e. The lowest BCUT2D eigenvalue weighted by molar-refractivity contribution is -0.119. The molecule has 2 atom stereocenters. The zero-order chi connectivity index (χ0) is 22.2. The quantitative estimate of drug-likeness (QED) is 0.456. The number of anilines is 1. The molecule has 158 valence electrons. The normalized spacial score (nSPS) is 16.8. The van der Waals surface area contributed by atoms with E-state index in [2.05, 4.69) is 5.32 Å². The van der Waals surface area contributed by atoms with Crippen LogP contribution in [0.2, 0.25) is 0 Å². The Morgan fingerprint density at radius 1 is 1.13 bits per heavy atom. The van der Waals surface area contributed by atoms with Gasteiger partial charge in [-0.05, 0) is 51.8 Å². The number of rotatable bonds is 3. The van der Waals surface area contributed by atoms with E-state index < -0.39 is 23.7 Å². The summed E-state index contributed by atoms with van der Waals surface area (Å²) in [6.45, 7) is 8.65. The Morgan fingerprint density at radius 2 is 1.80 bits per heavy atom. The molecular weight excluding hydrogens is 382 g/mol. The fourth-order valence-electron chi connectivity index (χ4n) is 3.58. The number of nitrogens with zero attached hydrogens (tertiary/aromatic N) is 1. The summed E-state index contributed by atoms with van der Waals surface area (Å²) in [4.78, 5) is 38.2. The summed E-state index contributed by atoms with van der Waals surface area (Å²) in [6, 6.07) is 11.7. The number of nitrogens with two attached hydrogens (primary N) is 1. The molecule has 2 amide bonds. The highest BCUT2D eigenvalue weighted by Crippen LogP contribution is 2.42. The van der Waals surface area contributed by atoms with Crippen molar-refractivity contribution in [3.05, 3.63) is 53.6 Å². The van der Waals surface area contributed by atoms with Crippen LogP contribution in [0.1, 0.15) is 56.5 Å². The van der Waals surface area contributed by atoms with E-state index in [0.29, 0.717) is 16.8 Å². The van der Waals surface area contributed by atoms with Gasteiger partial charge in [0, 0.05) is 11.1 Å². The standard InChI is InChI=1S/C23H27N3O4/c1-13-15-9-6-7-10-16(15)19-17(11-8-12-18(19)26(24)21(13)28)20(27)14(2)25-22(29)30-23(3,4)5/h6-14H,24H2,1-5H3,(H,25,29)/t13?,14-/m0/s1. The molecule has 1 aliphatic heterocycles. The van der Waals surface area contributed by atoms with Crippen LogP contribution in [0.25, 0.3) is 11.1 Å². The number of benzene rings is 2. The van der Waals surface area contributed by atoms with E-state index in [-0.39, 0.29) is 11.7 Å². The molecule has 7 heteroatoms. The van der Waals surface area contributed by atoms with Gasteiger partial charge in [-0.25, -0.2) is 15.6 Å². The number of amides is 2. The van der Waals surface area contributed by atoms with E-state index in [9.17, 15) is 14.4 Å². The van der Waals surface area contributed by atoms with Gasteiger partial charge in [-0.1, -0.05) is 36.4 Å². The van der Waals surface area contributed by atoms with Crippen molar-refractivity contribution in [2.24, 2.45) is 5.84 Å². The summed E-state index contributed by atoms with van der Waals surface area (Å²) in [5.41, 5.74) is 2.30. The van der Waals surface area contributed by atoms with Crippen LogP contribution in [0.3, 0.4) is 0 Å². The number of Topliss-reactive ketones (excluding diaryl/α,β-unsaturated/α-hetero) is 1. The van der Waals surface area contributed by atoms with Crippen LogP contribution in [-0.4, -0.2) is 29.4 Å². The molecule has 30 heavy (non-hydrogen) atoms. The van der Waals surface area contributed by atoms with E-state index in [1.54, 1.807) is 52.8 Å². The van der Waals surface area contributed by atoms with Gasteiger partial charge >= 0.3 is 6.09 Å². The van der Waals surface area contributed by atoms with Gasteiger partial charge in [0.15, 0.2) is 5.78 Å². The van der Waals surface area contributed by atoms with E-state index in [1.165, 1.54) is 0 Å². The highest BCUT2D eigenvalue weighted by molar-refractivity contribution is 6.13. The van der Waals surface area contributed by atoms with Crippen LogP contribution >= 0.6 is 0 Å². The molecule has 0 aromatic heterocycles. The fraction of sp³-hybridized carbons (Fsp3) is 0.348. The third-order valence-corrected chi connectivity index (χ3v) is 5.00. The largest absolute Gasteiger partial charge is 0.444 e. The number of carbonyl (C=O) groups is 3. The van der Waals surface area contributed by atoms with Crippen molar-refractivity contribution >= 4 is 23.5 Å². The minimum atomic E-state index is -0.832. The minimum Gasteiger partial charge on any atom is -0.444 e. The first kappa shape index (κ1) is 21.5. The second kappa shape index (κ2) is 7.91. The minimum absolute atomic E-state index is 0.259. The van der Waals surface area contributed by atoms with Crippen molar-refractivity contribution in [1.29, 1.82) is 0 Å². The first-order valence-electron chi connectivity index (χ1n) is 9.86. The average molecular weight is 409 g/mol. The van der Waals surface area contributed by atoms with Crippen LogP contribution < -0.4 is 16.2 Å². The highest BCUT2D eigenvalue weighted by atomic mass is 16.6. The zero-order valence-corrected chi connectivity index (χ0v) is 17.9. The second-order valence-electron chi connectivity index (χ2n) is 8.45. The maximum absolute atomic E-state index is 13.3. The number of ether oxygens (including phenoxy) is 1. The Kier molecular flexibility index (Phi) is 5.67. The summed E-state index contributed by atoms with van der Waals surface area (Å²) in [5, 5.41) is 3.69. The molecular formula is C23H27N3O4. The third-order valence-electron chi connectivity index (χ3n) is 5.00. The van der Waals surface area contributed by atoms with Crippen molar-refractivity contribution in [3.63, 3.8) is 0 Å². The lowest BCUT2D eigenvalue weighted by Crippen LogP contribution is -2.42. The molecule has 0 aliphatic carbocycles. The summed E-state index contributed by atoms with van der Waals surface area (Å²) in [5.74, 6) is 5.12. The molecule has 1 aliphatic rings. The monoisotopic (exact) mass is 409 g/mol. The molecule has 2 aromatic rings. The molecule has 2 aromatic carbocycles. The van der Waals surface area contributed by atoms with Crippen molar-refractivity contribution in [2.75, 3.05) is 5.01 Å². The number of nitrogens with one attached hydrogen (secondary N) is 1. The van der Waals surface area contributed by atoms with Gasteiger partial charge in [-0.3, -0.25) is 9.59 Å². The molecule has 0 spiro atoms. The highest BCUT2D eigenvalue weighted by Gasteiger charge is 2.33. The van der Waals surface area contributed by atoms with E-state index in [0.717, 1.165) is 16.1 Å². The van der Waals surface area contributed by atoms with Gasteiger partial charge in [0.1, 0.15) is 5.60 Å². The molecule has 0 bridgehead atoms. The first-order valence-corrected chi connectivity index (χ1v) is 9.86. The average Bonchev–Trinajstić information content (AvgIpc) is 2.76. The van der Waals surface area contributed by atoms with Crippen molar-refractivity contribution in [3.8, 4) is 11.1 Å². The summed E-state index contributed by atoms with van der Waals surface area (Å²) in [7, 11) is 0. The summed E-state index contributed by atoms with van der Waals surface area (Å²) in [6.07, 6.45) is -0.671. The van der Waals surface area contributed by atoms with Gasteiger partial charge < -0.3 is 10.1 Å². The number of carbonyl (C=O) groups excluding carboxylic acids is 3. The summed E-state index contributed by atoms with van der Waals surface area (Å²) < 4.78 is 5.25. The molecule has 7 nitrogen and oxygen atoms in total. The second-order valence-corrected chi connectivity index (χ2v) is 8.45. The first-order chi connectivity index (χ1) is 14.0. The van der Waals surface area contributed by atoms with Crippen molar-refractivity contribution < 1.29 is 19.1 Å². The molecule has 1 heterocycles. The summed E-state index contributed by atoms with van der Waals surface area (Å²) >= 11 is 0. The number of hydrogen-bond acceptors (Lipinski definition) is 5. The van der Waals surface area contributed by atoms with E-state index >= 15 is 0 Å². The van der Waals surface area contributed by atoms with Crippen LogP contribution in [0.4, 0.5) is 10.5 Å². The number of ketones is 1. The lowest BCUT2D eigenvalue weighted by atomic mass is 9.88. The van der Waals surface area contributed by atoms with E-state index in [1.807, 2.05) is 24.3 Å². The van der Waals surface area contributed by atoms with Gasteiger partial charge in [0.25, 0.3) is 0 Å². The molecule has 0 fully saturated rings. The van der Waals surface area contributed by atoms with Crippen LogP contribution in [0.15, 0.2) is 42.5 Å². The Hall–Kier alpha value is -3.19. The van der Waals surface area contributed by atoms with Crippen LogP contribution in [-0.2, 0) is 9.53 Å². The number of hydrazine groups is 1. The topological polar surface area (TPSA) is 102 Å². The number of fused-ring (bicyclic) bond motifs is 3. The Morgan fingerprint density at radius 3 is 2.47 bits per heavy atom. The maximum atomic E-state index is 13.3. The Labute approximate surface area is 176 Å². The zero-order valence-electron chi connectivity index (χ0n) is 17.9. The molecule has 0 saturated carbocycles. The SMILES string of the molecule is CC1C(=O)N(N)c2cccc(C(=O)[C@H](C)NC(=O)OC(C)(C)C)c2-c2ccccc21. The van der Waals surface area contributed by atoms with Gasteiger partial charge in [-0.2, -0.15) is 0 Å². The fourth-order valence-corrected chi connectivity index (χ4v) is 3.58. The molecule has 3 rings (SSSR count). The number of alkyl carbamates (subject to hydrolysis) is 1. The Balaban J connectivity index is 2.06. The Bertz CT molecular complexity index is 1010. The number of hydrogen-bond donors (Lipinski definition) is 2. The van der Waals surface area contributed by atoms with Crippen molar-refractivity contribution in [1.82, 2.24) is 5.32 Å². The predicted octanol–water partition coefficient (Wildman–Crippen LogP) is 3.77. The maximum Gasteiger partial charge on any atom is 0.408 e. The molecule has 1 unspecified atom stereocenters. The van der Waals surface area contributed by atoms with Crippen LogP contribution in [0, 0.1) is 0 Å². The predicted molar refractivity (Wildman–Crippen MR) is 115 cm³/mol. The van der Waals surface area contributed by atoms with Gasteiger partial charge in [0.2, 0.25) is 5.91 Å². The van der Waals surface area contributed by atoms with E-state index in [4.69, 9.17) is 10.6 Å². The lowest BCUT2D eigenvalue weighted by Gasteiger charge is -2.23. The molecule has 0 radical (unpaired) electrons. The molecule has 0 saturated heterocycles. The van der Waals surface area contributed by atoms with Crippen LogP contribution in [0.5, 0.6) is 0 Å².